The minimum absolute atomic E-state index is 0.0463. The van der Waals surface area contributed by atoms with Crippen LogP contribution in [0, 0.1) is 0 Å². The Kier molecular flexibility index (Phi) is 28.6. The first-order chi connectivity index (χ1) is 15.8. The van der Waals surface area contributed by atoms with Crippen molar-refractivity contribution in [2.24, 2.45) is 5.73 Å². The topological polar surface area (TPSA) is 83.2 Å². The van der Waals surface area contributed by atoms with Crippen LogP contribution < -0.4 is 5.73 Å². The molecule has 0 heterocycles. The molecule has 0 aliphatic carbocycles. The first-order valence-corrected chi connectivity index (χ1v) is 13.5. The van der Waals surface area contributed by atoms with Gasteiger partial charge in [0, 0.05) is 0 Å². The molecule has 0 aromatic carbocycles. The van der Waals surface area contributed by atoms with Crippen molar-refractivity contribution in [2.75, 3.05) is 52.9 Å². The van der Waals surface area contributed by atoms with Crippen LogP contribution in [0.2, 0.25) is 0 Å². The largest absolute Gasteiger partial charge is 0.394 e. The molecule has 6 nitrogen and oxygen atoms in total. The van der Waals surface area contributed by atoms with E-state index in [9.17, 15) is 0 Å². The number of aliphatic hydroxyl groups is 1. The molecule has 1 atom stereocenters. The Morgan fingerprint density at radius 3 is 1.34 bits per heavy atom. The van der Waals surface area contributed by atoms with E-state index >= 15 is 0 Å². The third kappa shape index (κ3) is 27.8. The molecule has 6 heteroatoms. The smallest absolute Gasteiger partial charge is 0.105 e. The van der Waals surface area contributed by atoms with Crippen molar-refractivity contribution in [1.82, 2.24) is 0 Å². The summed E-state index contributed by atoms with van der Waals surface area (Å²) in [5.41, 5.74) is 6.01. The van der Waals surface area contributed by atoms with E-state index in [0.29, 0.717) is 46.2 Å². The average molecular weight is 462 g/mol. The van der Waals surface area contributed by atoms with Crippen molar-refractivity contribution in [1.29, 1.82) is 0 Å². The minimum Gasteiger partial charge on any atom is -0.394 e. The van der Waals surface area contributed by atoms with Crippen molar-refractivity contribution in [2.45, 2.75) is 116 Å². The van der Waals surface area contributed by atoms with E-state index < -0.39 is 0 Å². The number of hydrogen-bond donors (Lipinski definition) is 2. The quantitative estimate of drug-likeness (QED) is 0.117. The van der Waals surface area contributed by atoms with E-state index in [0.717, 1.165) is 12.8 Å². The van der Waals surface area contributed by atoms with Crippen LogP contribution in [-0.4, -0.2) is 64.2 Å². The molecule has 0 spiro atoms. The number of aliphatic hydroxyl groups excluding tert-OH is 1. The summed E-state index contributed by atoms with van der Waals surface area (Å²) in [6.07, 6.45) is 21.4. The van der Waals surface area contributed by atoms with Gasteiger partial charge in [-0.1, -0.05) is 96.8 Å². The van der Waals surface area contributed by atoms with Crippen LogP contribution in [-0.2, 0) is 18.9 Å². The van der Waals surface area contributed by atoms with E-state index in [1.165, 1.54) is 89.9 Å². The molecule has 0 saturated carbocycles. The van der Waals surface area contributed by atoms with Gasteiger partial charge in [-0.05, 0) is 12.8 Å². The molecule has 0 rings (SSSR count). The van der Waals surface area contributed by atoms with Crippen LogP contribution in [0.25, 0.3) is 0 Å². The number of rotatable bonds is 28. The Bertz CT molecular complexity index is 333. The lowest BCUT2D eigenvalue weighted by atomic mass is 10.0. The molecule has 3 N–H and O–H groups in total. The fourth-order valence-electron chi connectivity index (χ4n) is 3.67. The van der Waals surface area contributed by atoms with Gasteiger partial charge in [0.05, 0.1) is 52.9 Å². The number of hydrogen-bond acceptors (Lipinski definition) is 6. The molecule has 194 valence electrons. The van der Waals surface area contributed by atoms with Crippen LogP contribution in [0.3, 0.4) is 0 Å². The third-order valence-corrected chi connectivity index (χ3v) is 5.63. The molecule has 1 unspecified atom stereocenters. The summed E-state index contributed by atoms with van der Waals surface area (Å²) in [6.45, 7) is 5.84. The molecular weight excluding hydrogens is 406 g/mol. The van der Waals surface area contributed by atoms with Crippen LogP contribution >= 0.6 is 0 Å². The molecule has 0 aliphatic rings. The van der Waals surface area contributed by atoms with E-state index in [4.69, 9.17) is 29.8 Å². The zero-order valence-electron chi connectivity index (χ0n) is 21.2. The van der Waals surface area contributed by atoms with E-state index in [-0.39, 0.29) is 12.8 Å². The normalized spacial score (nSPS) is 12.5. The Morgan fingerprint density at radius 1 is 0.531 bits per heavy atom. The lowest BCUT2D eigenvalue weighted by molar-refractivity contribution is -0.0210. The Hall–Kier alpha value is -0.240. The first kappa shape index (κ1) is 31.8. The molecule has 0 saturated heterocycles. The third-order valence-electron chi connectivity index (χ3n) is 5.63. The van der Waals surface area contributed by atoms with Crippen LogP contribution in [0.1, 0.15) is 110 Å². The van der Waals surface area contributed by atoms with Crippen LogP contribution in [0.4, 0.5) is 0 Å². The first-order valence-electron chi connectivity index (χ1n) is 13.5. The Morgan fingerprint density at radius 2 is 0.906 bits per heavy atom. The highest BCUT2D eigenvalue weighted by Gasteiger charge is 2.02. The van der Waals surface area contributed by atoms with Crippen molar-refractivity contribution in [3.05, 3.63) is 0 Å². The highest BCUT2D eigenvalue weighted by molar-refractivity contribution is 4.52. The molecule has 0 aromatic heterocycles. The van der Waals surface area contributed by atoms with Gasteiger partial charge in [-0.15, -0.1) is 0 Å². The van der Waals surface area contributed by atoms with Gasteiger partial charge in [0.1, 0.15) is 6.23 Å². The maximum Gasteiger partial charge on any atom is 0.105 e. The second-order valence-electron chi connectivity index (χ2n) is 8.71. The lowest BCUT2D eigenvalue weighted by Crippen LogP contribution is -2.25. The van der Waals surface area contributed by atoms with Crippen molar-refractivity contribution in [3.8, 4) is 0 Å². The molecular formula is C26H55NO5. The van der Waals surface area contributed by atoms with Crippen LogP contribution in [0.15, 0.2) is 0 Å². The summed E-state index contributed by atoms with van der Waals surface area (Å²) < 4.78 is 21.5. The highest BCUT2D eigenvalue weighted by atomic mass is 16.6. The molecule has 0 bridgehead atoms. The fraction of sp³-hybridized carbons (Fsp3) is 1.00. The number of unbranched alkanes of at least 4 members (excludes halogenated alkanes) is 14. The molecule has 0 amide bonds. The van der Waals surface area contributed by atoms with Crippen molar-refractivity contribution < 1.29 is 24.1 Å². The summed E-state index contributed by atoms with van der Waals surface area (Å²) in [5.74, 6) is 0. The summed E-state index contributed by atoms with van der Waals surface area (Å²) in [5, 5.41) is 8.57. The van der Waals surface area contributed by atoms with Crippen molar-refractivity contribution >= 4 is 0 Å². The van der Waals surface area contributed by atoms with Gasteiger partial charge in [0.2, 0.25) is 0 Å². The standard InChI is InChI=1S/C26H55NO5/c1-2-3-4-5-6-7-8-9-10-11-12-13-14-15-16-17-26(27)32-25-24-31-23-22-30-21-20-29-19-18-28/h26,28H,2-25,27H2,1H3. The predicted octanol–water partition coefficient (Wildman–Crippen LogP) is 5.59. The SMILES string of the molecule is CCCCCCCCCCCCCCCCCC(N)OCCOCCOCCOCCO. The van der Waals surface area contributed by atoms with Gasteiger partial charge in [-0.25, -0.2) is 0 Å². The molecule has 0 radical (unpaired) electrons. The number of nitrogens with two attached hydrogens (primary N) is 1. The second-order valence-corrected chi connectivity index (χ2v) is 8.71. The molecule has 0 fully saturated rings. The Balaban J connectivity index is 3.12. The summed E-state index contributed by atoms with van der Waals surface area (Å²) in [7, 11) is 0. The average Bonchev–Trinajstić information content (AvgIpc) is 2.80. The van der Waals surface area contributed by atoms with Gasteiger partial charge in [-0.2, -0.15) is 0 Å². The monoisotopic (exact) mass is 461 g/mol. The maximum atomic E-state index is 8.57. The summed E-state index contributed by atoms with van der Waals surface area (Å²) in [6, 6.07) is 0. The zero-order chi connectivity index (χ0) is 23.4. The van der Waals surface area contributed by atoms with Gasteiger partial charge < -0.3 is 29.8 Å². The van der Waals surface area contributed by atoms with E-state index in [1.54, 1.807) is 0 Å². The fourth-order valence-corrected chi connectivity index (χ4v) is 3.67. The van der Waals surface area contributed by atoms with Gasteiger partial charge >= 0.3 is 0 Å². The second kappa shape index (κ2) is 28.8. The van der Waals surface area contributed by atoms with Crippen LogP contribution in [0.5, 0.6) is 0 Å². The van der Waals surface area contributed by atoms with E-state index in [2.05, 4.69) is 6.92 Å². The Labute approximate surface area is 198 Å². The highest BCUT2D eigenvalue weighted by Crippen LogP contribution is 2.14. The minimum atomic E-state index is -0.180. The summed E-state index contributed by atoms with van der Waals surface area (Å²) >= 11 is 0. The predicted molar refractivity (Wildman–Crippen MR) is 133 cm³/mol. The van der Waals surface area contributed by atoms with E-state index in [1.807, 2.05) is 0 Å². The lowest BCUT2D eigenvalue weighted by Gasteiger charge is -2.13. The molecule has 32 heavy (non-hydrogen) atoms. The van der Waals surface area contributed by atoms with Crippen molar-refractivity contribution in [3.63, 3.8) is 0 Å². The summed E-state index contributed by atoms with van der Waals surface area (Å²) in [4.78, 5) is 0. The zero-order valence-corrected chi connectivity index (χ0v) is 21.2. The number of ether oxygens (including phenoxy) is 4. The maximum absolute atomic E-state index is 8.57. The van der Waals surface area contributed by atoms with Gasteiger partial charge in [0.25, 0.3) is 0 Å². The molecule has 0 aromatic rings. The van der Waals surface area contributed by atoms with Gasteiger partial charge in [-0.3, -0.25) is 0 Å². The molecule has 0 aliphatic heterocycles. The van der Waals surface area contributed by atoms with Gasteiger partial charge in [0.15, 0.2) is 0 Å².